The standard InChI is InChI=1S/C14H11ClFNO3/c1-19-11-6-7-13(12(15)8-11)17-14(18)20-10-4-2-9(16)3-5-10/h2-8H,1H3,(H,17,18). The normalized spacial score (nSPS) is 9.95. The first-order chi connectivity index (χ1) is 9.58. The Morgan fingerprint density at radius 1 is 1.15 bits per heavy atom. The minimum Gasteiger partial charge on any atom is -0.497 e. The molecule has 0 aliphatic heterocycles. The first-order valence-corrected chi connectivity index (χ1v) is 6.04. The van der Waals surface area contributed by atoms with E-state index in [-0.39, 0.29) is 5.75 Å². The van der Waals surface area contributed by atoms with Crippen molar-refractivity contribution in [3.8, 4) is 11.5 Å². The van der Waals surface area contributed by atoms with Crippen molar-refractivity contribution < 1.29 is 18.7 Å². The quantitative estimate of drug-likeness (QED) is 0.927. The fraction of sp³-hybridized carbons (Fsp3) is 0.0714. The van der Waals surface area contributed by atoms with Gasteiger partial charge in [0.2, 0.25) is 0 Å². The first-order valence-electron chi connectivity index (χ1n) is 5.66. The fourth-order valence-electron chi connectivity index (χ4n) is 1.47. The van der Waals surface area contributed by atoms with E-state index in [9.17, 15) is 9.18 Å². The minimum absolute atomic E-state index is 0.230. The van der Waals surface area contributed by atoms with Gasteiger partial charge >= 0.3 is 6.09 Å². The van der Waals surface area contributed by atoms with Crippen molar-refractivity contribution in [3.05, 3.63) is 53.3 Å². The molecule has 0 atom stereocenters. The van der Waals surface area contributed by atoms with Gasteiger partial charge in [0.25, 0.3) is 0 Å². The average Bonchev–Trinajstić information content (AvgIpc) is 2.43. The summed E-state index contributed by atoms with van der Waals surface area (Å²) in [6.45, 7) is 0. The molecule has 1 amide bonds. The van der Waals surface area contributed by atoms with E-state index in [1.165, 1.54) is 31.4 Å². The molecule has 0 heterocycles. The molecule has 0 fully saturated rings. The van der Waals surface area contributed by atoms with E-state index in [0.717, 1.165) is 0 Å². The number of rotatable bonds is 3. The van der Waals surface area contributed by atoms with Gasteiger partial charge in [-0.1, -0.05) is 11.6 Å². The van der Waals surface area contributed by atoms with Crippen LogP contribution in [0.5, 0.6) is 11.5 Å². The number of benzene rings is 2. The second-order valence-corrected chi connectivity index (χ2v) is 4.22. The molecule has 0 bridgehead atoms. The van der Waals surface area contributed by atoms with Gasteiger partial charge in [0.1, 0.15) is 17.3 Å². The third kappa shape index (κ3) is 3.61. The second-order valence-electron chi connectivity index (χ2n) is 3.81. The Balaban J connectivity index is 2.02. The van der Waals surface area contributed by atoms with Gasteiger partial charge in [-0.25, -0.2) is 9.18 Å². The molecule has 0 saturated carbocycles. The Morgan fingerprint density at radius 2 is 1.80 bits per heavy atom. The molecule has 2 aromatic carbocycles. The van der Waals surface area contributed by atoms with Crippen LogP contribution in [0.4, 0.5) is 14.9 Å². The molecule has 0 unspecified atom stereocenters. The van der Waals surface area contributed by atoms with Crippen LogP contribution < -0.4 is 14.8 Å². The van der Waals surface area contributed by atoms with Crippen molar-refractivity contribution in [1.29, 1.82) is 0 Å². The van der Waals surface area contributed by atoms with Crippen LogP contribution in [-0.2, 0) is 0 Å². The summed E-state index contributed by atoms with van der Waals surface area (Å²) < 4.78 is 22.7. The number of hydrogen-bond donors (Lipinski definition) is 1. The van der Waals surface area contributed by atoms with Gasteiger partial charge in [0.05, 0.1) is 17.8 Å². The molecule has 0 radical (unpaired) electrons. The summed E-state index contributed by atoms with van der Waals surface area (Å²) in [7, 11) is 1.52. The van der Waals surface area contributed by atoms with Crippen LogP contribution in [0, 0.1) is 5.82 Å². The predicted octanol–water partition coefficient (Wildman–Crippen LogP) is 4.10. The lowest BCUT2D eigenvalue weighted by molar-refractivity contribution is 0.215. The third-order valence-corrected chi connectivity index (χ3v) is 2.75. The van der Waals surface area contributed by atoms with Crippen LogP contribution in [0.3, 0.4) is 0 Å². The van der Waals surface area contributed by atoms with Crippen molar-refractivity contribution in [1.82, 2.24) is 0 Å². The highest BCUT2D eigenvalue weighted by Gasteiger charge is 2.09. The topological polar surface area (TPSA) is 47.6 Å². The minimum atomic E-state index is -0.719. The van der Waals surface area contributed by atoms with Gasteiger partial charge < -0.3 is 9.47 Å². The molecule has 104 valence electrons. The molecular weight excluding hydrogens is 285 g/mol. The van der Waals surface area contributed by atoms with Crippen LogP contribution in [0.2, 0.25) is 5.02 Å². The van der Waals surface area contributed by atoms with E-state index in [1.807, 2.05) is 0 Å². The summed E-state index contributed by atoms with van der Waals surface area (Å²) in [6.07, 6.45) is -0.719. The Kier molecular flexibility index (Phi) is 4.42. The van der Waals surface area contributed by atoms with Gasteiger partial charge in [-0.05, 0) is 36.4 Å². The SMILES string of the molecule is COc1ccc(NC(=O)Oc2ccc(F)cc2)c(Cl)c1. The zero-order valence-corrected chi connectivity index (χ0v) is 11.3. The van der Waals surface area contributed by atoms with Gasteiger partial charge in [-0.3, -0.25) is 5.32 Å². The van der Waals surface area contributed by atoms with Crippen molar-refractivity contribution in [2.24, 2.45) is 0 Å². The molecule has 1 N–H and O–H groups in total. The summed E-state index contributed by atoms with van der Waals surface area (Å²) in [6, 6.07) is 9.91. The predicted molar refractivity (Wildman–Crippen MR) is 74.1 cm³/mol. The van der Waals surface area contributed by atoms with Gasteiger partial charge in [0, 0.05) is 6.07 Å². The second kappa shape index (κ2) is 6.25. The van der Waals surface area contributed by atoms with Crippen LogP contribution in [0.1, 0.15) is 0 Å². The Labute approximate surface area is 120 Å². The lowest BCUT2D eigenvalue weighted by atomic mass is 10.3. The van der Waals surface area contributed by atoms with E-state index in [1.54, 1.807) is 18.2 Å². The smallest absolute Gasteiger partial charge is 0.417 e. The van der Waals surface area contributed by atoms with Crippen LogP contribution in [0.15, 0.2) is 42.5 Å². The van der Waals surface area contributed by atoms with E-state index >= 15 is 0 Å². The van der Waals surface area contributed by atoms with Crippen molar-refractivity contribution in [2.75, 3.05) is 12.4 Å². The highest BCUT2D eigenvalue weighted by molar-refractivity contribution is 6.33. The summed E-state index contributed by atoms with van der Waals surface area (Å²) >= 11 is 5.98. The molecule has 2 rings (SSSR count). The molecule has 4 nitrogen and oxygen atoms in total. The number of anilines is 1. The molecule has 20 heavy (non-hydrogen) atoms. The van der Waals surface area contributed by atoms with Gasteiger partial charge in [-0.2, -0.15) is 0 Å². The largest absolute Gasteiger partial charge is 0.497 e. The summed E-state index contributed by atoms with van der Waals surface area (Å²) in [5, 5.41) is 2.80. The molecule has 0 saturated heterocycles. The molecule has 0 aromatic heterocycles. The summed E-state index contributed by atoms with van der Waals surface area (Å²) in [5.74, 6) is 0.400. The number of methoxy groups -OCH3 is 1. The average molecular weight is 296 g/mol. The van der Waals surface area contributed by atoms with E-state index < -0.39 is 11.9 Å². The number of nitrogens with one attached hydrogen (secondary N) is 1. The maximum atomic E-state index is 12.7. The number of hydrogen-bond acceptors (Lipinski definition) is 3. The Morgan fingerprint density at radius 3 is 2.40 bits per heavy atom. The first kappa shape index (κ1) is 14.1. The van der Waals surface area contributed by atoms with Gasteiger partial charge in [0.15, 0.2) is 0 Å². The molecule has 6 heteroatoms. The molecule has 2 aromatic rings. The van der Waals surface area contributed by atoms with Crippen LogP contribution in [0.25, 0.3) is 0 Å². The molecular formula is C14H11ClFNO3. The van der Waals surface area contributed by atoms with E-state index in [0.29, 0.717) is 16.5 Å². The van der Waals surface area contributed by atoms with Crippen molar-refractivity contribution in [2.45, 2.75) is 0 Å². The Hall–Kier alpha value is -2.27. The maximum absolute atomic E-state index is 12.7. The number of carbonyl (C=O) groups excluding carboxylic acids is 1. The van der Waals surface area contributed by atoms with E-state index in [2.05, 4.69) is 5.32 Å². The lowest BCUT2D eigenvalue weighted by Gasteiger charge is -2.09. The van der Waals surface area contributed by atoms with Crippen LogP contribution in [-0.4, -0.2) is 13.2 Å². The van der Waals surface area contributed by atoms with Gasteiger partial charge in [-0.15, -0.1) is 0 Å². The zero-order valence-electron chi connectivity index (χ0n) is 10.5. The lowest BCUT2D eigenvalue weighted by Crippen LogP contribution is -2.16. The van der Waals surface area contributed by atoms with Crippen molar-refractivity contribution >= 4 is 23.4 Å². The number of halogens is 2. The maximum Gasteiger partial charge on any atom is 0.417 e. The summed E-state index contributed by atoms with van der Waals surface area (Å²) in [4.78, 5) is 11.7. The molecule has 0 aliphatic rings. The monoisotopic (exact) mass is 295 g/mol. The van der Waals surface area contributed by atoms with Crippen molar-refractivity contribution in [3.63, 3.8) is 0 Å². The number of amides is 1. The zero-order chi connectivity index (χ0) is 14.5. The molecule has 0 aliphatic carbocycles. The number of ether oxygens (including phenoxy) is 2. The highest BCUT2D eigenvalue weighted by Crippen LogP contribution is 2.26. The van der Waals surface area contributed by atoms with E-state index in [4.69, 9.17) is 21.1 Å². The Bertz CT molecular complexity index is 616. The highest BCUT2D eigenvalue weighted by atomic mass is 35.5. The number of carbonyl (C=O) groups is 1. The van der Waals surface area contributed by atoms with Crippen LogP contribution >= 0.6 is 11.6 Å². The summed E-state index contributed by atoms with van der Waals surface area (Å²) in [5.41, 5.74) is 0.388. The molecule has 0 spiro atoms. The third-order valence-electron chi connectivity index (χ3n) is 2.44. The fourth-order valence-corrected chi connectivity index (χ4v) is 1.69.